The SMILES string of the molecule is CN(CCc1ccccn1)C(=O)c1cnccc1Cl. The first-order chi connectivity index (χ1) is 9.18. The minimum atomic E-state index is -0.131. The van der Waals surface area contributed by atoms with Crippen molar-refractivity contribution in [3.8, 4) is 0 Å². The predicted octanol–water partition coefficient (Wildman–Crippen LogP) is 2.44. The van der Waals surface area contributed by atoms with Crippen LogP contribution in [0.1, 0.15) is 16.1 Å². The summed E-state index contributed by atoms with van der Waals surface area (Å²) in [6, 6.07) is 7.35. The smallest absolute Gasteiger partial charge is 0.256 e. The Balaban J connectivity index is 1.99. The second-order valence-corrected chi connectivity index (χ2v) is 4.56. The highest BCUT2D eigenvalue weighted by Crippen LogP contribution is 2.15. The molecule has 0 N–H and O–H groups in total. The van der Waals surface area contributed by atoms with Gasteiger partial charge in [-0.1, -0.05) is 17.7 Å². The first-order valence-corrected chi connectivity index (χ1v) is 6.31. The monoisotopic (exact) mass is 275 g/mol. The van der Waals surface area contributed by atoms with Crippen molar-refractivity contribution < 1.29 is 4.79 Å². The maximum absolute atomic E-state index is 12.2. The summed E-state index contributed by atoms with van der Waals surface area (Å²) >= 11 is 5.98. The predicted molar refractivity (Wildman–Crippen MR) is 74.1 cm³/mol. The van der Waals surface area contributed by atoms with E-state index in [4.69, 9.17) is 11.6 Å². The molecule has 0 saturated carbocycles. The highest BCUT2D eigenvalue weighted by Gasteiger charge is 2.14. The molecule has 2 heterocycles. The molecule has 0 aliphatic heterocycles. The quantitative estimate of drug-likeness (QED) is 0.861. The Morgan fingerprint density at radius 1 is 1.32 bits per heavy atom. The number of halogens is 1. The van der Waals surface area contributed by atoms with Gasteiger partial charge in [0.1, 0.15) is 0 Å². The van der Waals surface area contributed by atoms with Crippen LogP contribution in [0.2, 0.25) is 5.02 Å². The Morgan fingerprint density at radius 3 is 2.84 bits per heavy atom. The van der Waals surface area contributed by atoms with Crippen molar-refractivity contribution in [3.63, 3.8) is 0 Å². The van der Waals surface area contributed by atoms with Crippen molar-refractivity contribution in [1.29, 1.82) is 0 Å². The first kappa shape index (κ1) is 13.5. The Labute approximate surface area is 117 Å². The van der Waals surface area contributed by atoms with Crippen molar-refractivity contribution in [2.75, 3.05) is 13.6 Å². The van der Waals surface area contributed by atoms with Gasteiger partial charge in [-0.05, 0) is 18.2 Å². The lowest BCUT2D eigenvalue weighted by Crippen LogP contribution is -2.29. The van der Waals surface area contributed by atoms with Gasteiger partial charge in [-0.15, -0.1) is 0 Å². The molecule has 1 amide bonds. The van der Waals surface area contributed by atoms with Crippen LogP contribution in [0.25, 0.3) is 0 Å². The summed E-state index contributed by atoms with van der Waals surface area (Å²) < 4.78 is 0. The van der Waals surface area contributed by atoms with Crippen LogP contribution in [0.3, 0.4) is 0 Å². The van der Waals surface area contributed by atoms with Crippen LogP contribution in [0, 0.1) is 0 Å². The molecule has 0 atom stereocenters. The fraction of sp³-hybridized carbons (Fsp3) is 0.214. The molecule has 0 radical (unpaired) electrons. The van der Waals surface area contributed by atoms with Crippen LogP contribution in [-0.2, 0) is 6.42 Å². The Hall–Kier alpha value is -1.94. The van der Waals surface area contributed by atoms with E-state index in [2.05, 4.69) is 9.97 Å². The molecule has 98 valence electrons. The van der Waals surface area contributed by atoms with Crippen molar-refractivity contribution in [3.05, 3.63) is 59.1 Å². The number of aromatic nitrogens is 2. The summed E-state index contributed by atoms with van der Waals surface area (Å²) in [4.78, 5) is 21.9. The van der Waals surface area contributed by atoms with Crippen molar-refractivity contribution in [2.45, 2.75) is 6.42 Å². The molecular weight excluding hydrogens is 262 g/mol. The number of carbonyl (C=O) groups excluding carboxylic acids is 1. The zero-order valence-electron chi connectivity index (χ0n) is 10.6. The van der Waals surface area contributed by atoms with E-state index in [1.165, 1.54) is 6.20 Å². The second-order valence-electron chi connectivity index (χ2n) is 4.15. The van der Waals surface area contributed by atoms with E-state index in [9.17, 15) is 4.79 Å². The van der Waals surface area contributed by atoms with Gasteiger partial charge in [0, 0.05) is 44.3 Å². The number of carbonyl (C=O) groups is 1. The molecule has 0 aromatic carbocycles. The minimum Gasteiger partial charge on any atom is -0.341 e. The number of rotatable bonds is 4. The molecule has 0 unspecified atom stereocenters. The van der Waals surface area contributed by atoms with Crippen LogP contribution in [-0.4, -0.2) is 34.4 Å². The lowest BCUT2D eigenvalue weighted by Gasteiger charge is -2.17. The van der Waals surface area contributed by atoms with Crippen LogP contribution in [0.4, 0.5) is 0 Å². The number of likely N-dealkylation sites (N-methyl/N-ethyl adjacent to an activating group) is 1. The lowest BCUT2D eigenvalue weighted by molar-refractivity contribution is 0.0796. The summed E-state index contributed by atoms with van der Waals surface area (Å²) in [6.45, 7) is 0.584. The van der Waals surface area contributed by atoms with Crippen LogP contribution >= 0.6 is 11.6 Å². The van der Waals surface area contributed by atoms with E-state index in [1.807, 2.05) is 18.2 Å². The molecule has 2 aromatic heterocycles. The zero-order valence-corrected chi connectivity index (χ0v) is 11.3. The van der Waals surface area contributed by atoms with Crippen LogP contribution in [0.15, 0.2) is 42.9 Å². The molecule has 0 saturated heterocycles. The molecule has 19 heavy (non-hydrogen) atoms. The summed E-state index contributed by atoms with van der Waals surface area (Å²) in [7, 11) is 1.74. The number of pyridine rings is 2. The van der Waals surface area contributed by atoms with E-state index in [0.717, 1.165) is 5.69 Å². The molecule has 0 spiro atoms. The molecular formula is C14H14ClN3O. The van der Waals surface area contributed by atoms with Crippen molar-refractivity contribution in [2.24, 2.45) is 0 Å². The first-order valence-electron chi connectivity index (χ1n) is 5.93. The van der Waals surface area contributed by atoms with Gasteiger partial charge in [0.2, 0.25) is 0 Å². The molecule has 4 nitrogen and oxygen atoms in total. The van der Waals surface area contributed by atoms with Gasteiger partial charge in [-0.3, -0.25) is 14.8 Å². The van der Waals surface area contributed by atoms with E-state index >= 15 is 0 Å². The Kier molecular flexibility index (Phi) is 4.47. The van der Waals surface area contributed by atoms with E-state index in [1.54, 1.807) is 30.4 Å². The average molecular weight is 276 g/mol. The summed E-state index contributed by atoms with van der Waals surface area (Å²) in [5.41, 5.74) is 1.38. The molecule has 0 aliphatic rings. The third-order valence-electron chi connectivity index (χ3n) is 2.77. The maximum atomic E-state index is 12.2. The zero-order chi connectivity index (χ0) is 13.7. The van der Waals surface area contributed by atoms with Gasteiger partial charge in [-0.2, -0.15) is 0 Å². The molecule has 0 bridgehead atoms. The molecule has 0 aliphatic carbocycles. The minimum absolute atomic E-state index is 0.131. The van der Waals surface area contributed by atoms with Crippen LogP contribution < -0.4 is 0 Å². The summed E-state index contributed by atoms with van der Waals surface area (Å²) in [5, 5.41) is 0.421. The van der Waals surface area contributed by atoms with Gasteiger partial charge in [-0.25, -0.2) is 0 Å². The third kappa shape index (κ3) is 3.51. The number of hydrogen-bond donors (Lipinski definition) is 0. The highest BCUT2D eigenvalue weighted by atomic mass is 35.5. The number of hydrogen-bond acceptors (Lipinski definition) is 3. The fourth-order valence-corrected chi connectivity index (χ4v) is 1.86. The number of amides is 1. The van der Waals surface area contributed by atoms with Gasteiger partial charge >= 0.3 is 0 Å². The lowest BCUT2D eigenvalue weighted by atomic mass is 10.2. The molecule has 5 heteroatoms. The van der Waals surface area contributed by atoms with E-state index < -0.39 is 0 Å². The standard InChI is InChI=1S/C14H14ClN3O/c1-18(9-6-11-4-2-3-7-17-11)14(19)12-10-16-8-5-13(12)15/h2-5,7-8,10H,6,9H2,1H3. The summed E-state index contributed by atoms with van der Waals surface area (Å²) in [6.07, 6.45) is 5.50. The topological polar surface area (TPSA) is 46.1 Å². The van der Waals surface area contributed by atoms with Crippen molar-refractivity contribution >= 4 is 17.5 Å². The van der Waals surface area contributed by atoms with Gasteiger partial charge < -0.3 is 4.90 Å². The van der Waals surface area contributed by atoms with E-state index in [-0.39, 0.29) is 5.91 Å². The third-order valence-corrected chi connectivity index (χ3v) is 3.10. The van der Waals surface area contributed by atoms with Crippen molar-refractivity contribution in [1.82, 2.24) is 14.9 Å². The molecule has 0 fully saturated rings. The Morgan fingerprint density at radius 2 is 2.16 bits per heavy atom. The summed E-state index contributed by atoms with van der Waals surface area (Å²) in [5.74, 6) is -0.131. The van der Waals surface area contributed by atoms with E-state index in [0.29, 0.717) is 23.6 Å². The molecule has 2 aromatic rings. The normalized spacial score (nSPS) is 10.2. The fourth-order valence-electron chi connectivity index (χ4n) is 1.67. The van der Waals surface area contributed by atoms with Gasteiger partial charge in [0.15, 0.2) is 0 Å². The highest BCUT2D eigenvalue weighted by molar-refractivity contribution is 6.33. The average Bonchev–Trinajstić information content (AvgIpc) is 2.45. The van der Waals surface area contributed by atoms with Gasteiger partial charge in [0.05, 0.1) is 10.6 Å². The molecule has 2 rings (SSSR count). The van der Waals surface area contributed by atoms with Crippen LogP contribution in [0.5, 0.6) is 0 Å². The number of nitrogens with zero attached hydrogens (tertiary/aromatic N) is 3. The largest absolute Gasteiger partial charge is 0.341 e. The second kappa shape index (κ2) is 6.29. The maximum Gasteiger partial charge on any atom is 0.256 e. The Bertz CT molecular complexity index is 560. The van der Waals surface area contributed by atoms with Gasteiger partial charge in [0.25, 0.3) is 5.91 Å².